The fraction of sp³-hybridized carbons (Fsp3) is 0.538. The maximum Gasteiger partial charge on any atom is 0.138 e. The maximum atomic E-state index is 5.18. The second kappa shape index (κ2) is 6.49. The van der Waals surface area contributed by atoms with Gasteiger partial charge in [0.2, 0.25) is 0 Å². The molecule has 0 spiro atoms. The van der Waals surface area contributed by atoms with Crippen molar-refractivity contribution in [2.75, 3.05) is 20.3 Å². The minimum absolute atomic E-state index is 0.699. The molecule has 6 heteroatoms. The summed E-state index contributed by atoms with van der Waals surface area (Å²) in [5.41, 5.74) is 2.06. The molecule has 6 nitrogen and oxygen atoms in total. The molecule has 0 saturated carbocycles. The number of aromatic nitrogens is 3. The van der Waals surface area contributed by atoms with Crippen LogP contribution in [0, 0.1) is 13.8 Å². The van der Waals surface area contributed by atoms with Crippen LogP contribution < -0.4 is 5.32 Å². The van der Waals surface area contributed by atoms with E-state index in [1.807, 2.05) is 26.2 Å². The number of aryl methyl sites for hydroxylation is 2. The van der Waals surface area contributed by atoms with Gasteiger partial charge in [-0.3, -0.25) is 0 Å². The SMILES string of the molecule is COCCNCc1nccn1Cc1c(C)noc1C. The average Bonchev–Trinajstić information content (AvgIpc) is 2.97. The Balaban J connectivity index is 1.99. The average molecular weight is 264 g/mol. The van der Waals surface area contributed by atoms with Crippen molar-refractivity contribution in [3.8, 4) is 0 Å². The van der Waals surface area contributed by atoms with E-state index in [1.54, 1.807) is 7.11 Å². The number of hydrogen-bond donors (Lipinski definition) is 1. The van der Waals surface area contributed by atoms with E-state index in [0.29, 0.717) is 6.61 Å². The first-order valence-electron chi connectivity index (χ1n) is 6.33. The van der Waals surface area contributed by atoms with Gasteiger partial charge in [-0.1, -0.05) is 5.16 Å². The standard InChI is InChI=1S/C13H20N4O2/c1-10-12(11(2)19-16-10)9-17-6-4-15-13(17)8-14-5-7-18-3/h4,6,14H,5,7-9H2,1-3H3. The fourth-order valence-electron chi connectivity index (χ4n) is 1.92. The van der Waals surface area contributed by atoms with E-state index >= 15 is 0 Å². The molecule has 0 saturated heterocycles. The zero-order valence-corrected chi connectivity index (χ0v) is 11.6. The Morgan fingerprint density at radius 3 is 2.95 bits per heavy atom. The van der Waals surface area contributed by atoms with Crippen LogP contribution >= 0.6 is 0 Å². The van der Waals surface area contributed by atoms with Crippen molar-refractivity contribution in [1.29, 1.82) is 0 Å². The Bertz CT molecular complexity index is 499. The predicted octanol–water partition coefficient (Wildman–Crippen LogP) is 1.27. The Kier molecular flexibility index (Phi) is 4.70. The van der Waals surface area contributed by atoms with E-state index in [4.69, 9.17) is 9.26 Å². The zero-order chi connectivity index (χ0) is 13.7. The van der Waals surface area contributed by atoms with Gasteiger partial charge in [0, 0.05) is 31.6 Å². The summed E-state index contributed by atoms with van der Waals surface area (Å²) in [4.78, 5) is 4.36. The molecule has 0 fully saturated rings. The molecule has 19 heavy (non-hydrogen) atoms. The Morgan fingerprint density at radius 2 is 2.26 bits per heavy atom. The number of hydrogen-bond acceptors (Lipinski definition) is 5. The third kappa shape index (κ3) is 3.42. The second-order valence-corrected chi connectivity index (χ2v) is 4.44. The first-order valence-corrected chi connectivity index (χ1v) is 6.33. The molecule has 2 aromatic rings. The van der Waals surface area contributed by atoms with Crippen LogP contribution in [0.3, 0.4) is 0 Å². The Hall–Kier alpha value is -1.66. The zero-order valence-electron chi connectivity index (χ0n) is 11.6. The van der Waals surface area contributed by atoms with E-state index in [9.17, 15) is 0 Å². The molecule has 2 aromatic heterocycles. The maximum absolute atomic E-state index is 5.18. The highest BCUT2D eigenvalue weighted by molar-refractivity contribution is 5.21. The highest BCUT2D eigenvalue weighted by Crippen LogP contribution is 2.14. The fourth-order valence-corrected chi connectivity index (χ4v) is 1.92. The minimum atomic E-state index is 0.699. The molecule has 1 N–H and O–H groups in total. The summed E-state index contributed by atoms with van der Waals surface area (Å²) in [5.74, 6) is 1.86. The number of nitrogens with one attached hydrogen (secondary N) is 1. The van der Waals surface area contributed by atoms with Crippen LogP contribution in [0.5, 0.6) is 0 Å². The van der Waals surface area contributed by atoms with Crippen LogP contribution in [0.2, 0.25) is 0 Å². The monoisotopic (exact) mass is 264 g/mol. The van der Waals surface area contributed by atoms with Gasteiger partial charge < -0.3 is 19.1 Å². The molecule has 104 valence electrons. The van der Waals surface area contributed by atoms with Crippen molar-refractivity contribution >= 4 is 0 Å². The summed E-state index contributed by atoms with van der Waals surface area (Å²) in [7, 11) is 1.69. The van der Waals surface area contributed by atoms with E-state index in [0.717, 1.165) is 42.5 Å². The van der Waals surface area contributed by atoms with Gasteiger partial charge in [0.25, 0.3) is 0 Å². The smallest absolute Gasteiger partial charge is 0.138 e. The highest BCUT2D eigenvalue weighted by Gasteiger charge is 2.11. The van der Waals surface area contributed by atoms with Gasteiger partial charge >= 0.3 is 0 Å². The van der Waals surface area contributed by atoms with Crippen molar-refractivity contribution in [1.82, 2.24) is 20.0 Å². The molecular weight excluding hydrogens is 244 g/mol. The van der Waals surface area contributed by atoms with Gasteiger partial charge in [-0.15, -0.1) is 0 Å². The van der Waals surface area contributed by atoms with E-state index in [1.165, 1.54) is 0 Å². The summed E-state index contributed by atoms with van der Waals surface area (Å²) in [6.45, 7) is 6.86. The van der Waals surface area contributed by atoms with Crippen molar-refractivity contribution < 1.29 is 9.26 Å². The molecular formula is C13H20N4O2. The summed E-state index contributed by atoms with van der Waals surface area (Å²) in [6.07, 6.45) is 3.78. The largest absolute Gasteiger partial charge is 0.383 e. The van der Waals surface area contributed by atoms with Crippen molar-refractivity contribution in [2.45, 2.75) is 26.9 Å². The molecule has 0 atom stereocenters. The first-order chi connectivity index (χ1) is 9.22. The van der Waals surface area contributed by atoms with Gasteiger partial charge in [0.1, 0.15) is 11.6 Å². The number of nitrogens with zero attached hydrogens (tertiary/aromatic N) is 3. The van der Waals surface area contributed by atoms with Crippen molar-refractivity contribution in [2.24, 2.45) is 0 Å². The molecule has 0 aliphatic rings. The molecule has 0 amide bonds. The van der Waals surface area contributed by atoms with E-state index < -0.39 is 0 Å². The summed E-state index contributed by atoms with van der Waals surface area (Å²) in [5, 5.41) is 7.26. The first kappa shape index (κ1) is 13.8. The molecule has 0 radical (unpaired) electrons. The van der Waals surface area contributed by atoms with E-state index in [-0.39, 0.29) is 0 Å². The van der Waals surface area contributed by atoms with Gasteiger partial charge in [-0.2, -0.15) is 0 Å². The lowest BCUT2D eigenvalue weighted by Gasteiger charge is -2.08. The number of ether oxygens (including phenoxy) is 1. The number of rotatable bonds is 7. The lowest BCUT2D eigenvalue weighted by molar-refractivity contribution is 0.199. The molecule has 2 heterocycles. The lowest BCUT2D eigenvalue weighted by Crippen LogP contribution is -2.21. The van der Waals surface area contributed by atoms with Crippen LogP contribution in [0.1, 0.15) is 22.8 Å². The summed E-state index contributed by atoms with van der Waals surface area (Å²) < 4.78 is 12.3. The van der Waals surface area contributed by atoms with Crippen LogP contribution in [0.25, 0.3) is 0 Å². The Labute approximate surface area is 112 Å². The van der Waals surface area contributed by atoms with Crippen LogP contribution in [-0.4, -0.2) is 35.0 Å². The van der Waals surface area contributed by atoms with Crippen LogP contribution in [0.15, 0.2) is 16.9 Å². The van der Waals surface area contributed by atoms with Gasteiger partial charge in [-0.25, -0.2) is 4.98 Å². The van der Waals surface area contributed by atoms with Gasteiger partial charge in [-0.05, 0) is 13.8 Å². The van der Waals surface area contributed by atoms with Gasteiger partial charge in [0.05, 0.1) is 25.4 Å². The highest BCUT2D eigenvalue weighted by atomic mass is 16.5. The van der Waals surface area contributed by atoms with Crippen molar-refractivity contribution in [3.05, 3.63) is 35.2 Å². The van der Waals surface area contributed by atoms with Crippen LogP contribution in [0.4, 0.5) is 0 Å². The molecule has 0 unspecified atom stereocenters. The molecule has 0 aliphatic carbocycles. The predicted molar refractivity (Wildman–Crippen MR) is 70.9 cm³/mol. The quantitative estimate of drug-likeness (QED) is 0.763. The van der Waals surface area contributed by atoms with Gasteiger partial charge in [0.15, 0.2) is 0 Å². The number of methoxy groups -OCH3 is 1. The third-order valence-corrected chi connectivity index (χ3v) is 3.08. The third-order valence-electron chi connectivity index (χ3n) is 3.08. The molecule has 2 rings (SSSR count). The van der Waals surface area contributed by atoms with E-state index in [2.05, 4.69) is 20.0 Å². The normalized spacial score (nSPS) is 11.1. The van der Waals surface area contributed by atoms with Crippen LogP contribution in [-0.2, 0) is 17.8 Å². The Morgan fingerprint density at radius 1 is 1.42 bits per heavy atom. The second-order valence-electron chi connectivity index (χ2n) is 4.44. The molecule has 0 bridgehead atoms. The molecule has 0 aliphatic heterocycles. The molecule has 0 aromatic carbocycles. The lowest BCUT2D eigenvalue weighted by atomic mass is 10.2. The summed E-state index contributed by atoms with van der Waals surface area (Å²) in [6, 6.07) is 0. The summed E-state index contributed by atoms with van der Waals surface area (Å²) >= 11 is 0. The topological polar surface area (TPSA) is 65.1 Å². The minimum Gasteiger partial charge on any atom is -0.383 e. The van der Waals surface area contributed by atoms with Crippen molar-refractivity contribution in [3.63, 3.8) is 0 Å². The number of imidazole rings is 1.